The van der Waals surface area contributed by atoms with Gasteiger partial charge >= 0.3 is 0 Å². The van der Waals surface area contributed by atoms with E-state index in [1.54, 1.807) is 0 Å². The Morgan fingerprint density at radius 1 is 0.944 bits per heavy atom. The van der Waals surface area contributed by atoms with Gasteiger partial charge in [0.25, 0.3) is 0 Å². The molecule has 2 nitrogen and oxygen atoms in total. The van der Waals surface area contributed by atoms with E-state index in [9.17, 15) is 9.59 Å². The molecule has 0 bridgehead atoms. The van der Waals surface area contributed by atoms with E-state index in [1.165, 1.54) is 0 Å². The molecule has 104 valence electrons. The Kier molecular flexibility index (Phi) is 6.04. The highest BCUT2D eigenvalue weighted by Gasteiger charge is 2.31. The molecule has 2 heteroatoms. The predicted molar refractivity (Wildman–Crippen MR) is 74.4 cm³/mol. The van der Waals surface area contributed by atoms with Crippen LogP contribution in [0.25, 0.3) is 0 Å². The van der Waals surface area contributed by atoms with Crippen molar-refractivity contribution in [3.63, 3.8) is 0 Å². The van der Waals surface area contributed by atoms with Crippen LogP contribution >= 0.6 is 0 Å². The molecule has 0 saturated heterocycles. The Morgan fingerprint density at radius 2 is 1.39 bits per heavy atom. The molecule has 0 aromatic carbocycles. The molecule has 0 aromatic rings. The third-order valence-corrected chi connectivity index (χ3v) is 4.31. The van der Waals surface area contributed by atoms with E-state index in [2.05, 4.69) is 13.8 Å². The highest BCUT2D eigenvalue weighted by Crippen LogP contribution is 2.33. The Labute approximate surface area is 112 Å². The second-order valence-corrected chi connectivity index (χ2v) is 6.20. The molecule has 1 rings (SSSR count). The first kappa shape index (κ1) is 15.4. The van der Waals surface area contributed by atoms with Gasteiger partial charge in [-0.1, -0.05) is 34.1 Å². The summed E-state index contributed by atoms with van der Waals surface area (Å²) in [7, 11) is 0. The number of hydrogen-bond donors (Lipinski definition) is 0. The van der Waals surface area contributed by atoms with Crippen molar-refractivity contribution in [2.24, 2.45) is 23.7 Å². The molecular formula is C16H28O2. The summed E-state index contributed by atoms with van der Waals surface area (Å²) in [6, 6.07) is 0. The minimum Gasteiger partial charge on any atom is -0.299 e. The van der Waals surface area contributed by atoms with Crippen LogP contribution in [0.15, 0.2) is 0 Å². The number of Topliss-reactive ketones (excluding diaryl/α,β-unsaturated/α-hetero) is 2. The van der Waals surface area contributed by atoms with Crippen LogP contribution in [0.5, 0.6) is 0 Å². The lowest BCUT2D eigenvalue weighted by Gasteiger charge is -2.29. The molecule has 1 unspecified atom stereocenters. The largest absolute Gasteiger partial charge is 0.299 e. The van der Waals surface area contributed by atoms with E-state index in [0.717, 1.165) is 38.5 Å². The summed E-state index contributed by atoms with van der Waals surface area (Å²) in [5.41, 5.74) is 0. The maximum Gasteiger partial charge on any atom is 0.138 e. The SMILES string of the molecule is CCCC(C)C(=O)C1CCC(C(=O)C(C)C)CC1. The fraction of sp³-hybridized carbons (Fsp3) is 0.875. The molecule has 1 atom stereocenters. The van der Waals surface area contributed by atoms with Crippen molar-refractivity contribution in [2.75, 3.05) is 0 Å². The average molecular weight is 252 g/mol. The predicted octanol–water partition coefficient (Wildman–Crippen LogP) is 4.02. The Balaban J connectivity index is 2.44. The maximum absolute atomic E-state index is 12.2. The van der Waals surface area contributed by atoms with Crippen LogP contribution in [-0.2, 0) is 9.59 Å². The van der Waals surface area contributed by atoms with Crippen molar-refractivity contribution in [1.29, 1.82) is 0 Å². The molecule has 0 heterocycles. The van der Waals surface area contributed by atoms with Gasteiger partial charge in [0.15, 0.2) is 0 Å². The molecule has 0 spiro atoms. The zero-order valence-corrected chi connectivity index (χ0v) is 12.4. The monoisotopic (exact) mass is 252 g/mol. The van der Waals surface area contributed by atoms with Gasteiger partial charge in [-0.3, -0.25) is 9.59 Å². The molecule has 1 saturated carbocycles. The highest BCUT2D eigenvalue weighted by molar-refractivity contribution is 5.85. The van der Waals surface area contributed by atoms with E-state index >= 15 is 0 Å². The van der Waals surface area contributed by atoms with Gasteiger partial charge in [-0.15, -0.1) is 0 Å². The standard InChI is InChI=1S/C16H28O2/c1-5-6-12(4)16(18)14-9-7-13(8-10-14)15(17)11(2)3/h11-14H,5-10H2,1-4H3. The summed E-state index contributed by atoms with van der Waals surface area (Å²) in [6.07, 6.45) is 5.78. The minimum atomic E-state index is 0.140. The van der Waals surface area contributed by atoms with Crippen LogP contribution in [-0.4, -0.2) is 11.6 Å². The van der Waals surface area contributed by atoms with Gasteiger partial charge in [-0.05, 0) is 32.1 Å². The van der Waals surface area contributed by atoms with E-state index in [4.69, 9.17) is 0 Å². The van der Waals surface area contributed by atoms with Crippen LogP contribution < -0.4 is 0 Å². The lowest BCUT2D eigenvalue weighted by molar-refractivity contribution is -0.131. The molecule has 1 fully saturated rings. The van der Waals surface area contributed by atoms with E-state index < -0.39 is 0 Å². The minimum absolute atomic E-state index is 0.140. The van der Waals surface area contributed by atoms with Gasteiger partial charge in [0.1, 0.15) is 11.6 Å². The average Bonchev–Trinajstić information content (AvgIpc) is 2.37. The first-order chi connectivity index (χ1) is 8.47. The quantitative estimate of drug-likeness (QED) is 0.715. The molecular weight excluding hydrogens is 224 g/mol. The first-order valence-corrected chi connectivity index (χ1v) is 7.54. The molecule has 18 heavy (non-hydrogen) atoms. The first-order valence-electron chi connectivity index (χ1n) is 7.54. The second-order valence-electron chi connectivity index (χ2n) is 6.20. The smallest absolute Gasteiger partial charge is 0.138 e. The van der Waals surface area contributed by atoms with Gasteiger partial charge in [0, 0.05) is 23.7 Å². The summed E-state index contributed by atoms with van der Waals surface area (Å²) in [5, 5.41) is 0. The van der Waals surface area contributed by atoms with Gasteiger partial charge in [-0.25, -0.2) is 0 Å². The number of carbonyl (C=O) groups excluding carboxylic acids is 2. The molecule has 1 aliphatic rings. The number of hydrogen-bond acceptors (Lipinski definition) is 2. The fourth-order valence-corrected chi connectivity index (χ4v) is 3.11. The highest BCUT2D eigenvalue weighted by atomic mass is 16.1. The normalized spacial score (nSPS) is 26.1. The van der Waals surface area contributed by atoms with Gasteiger partial charge in [-0.2, -0.15) is 0 Å². The van der Waals surface area contributed by atoms with E-state index in [0.29, 0.717) is 11.6 Å². The van der Waals surface area contributed by atoms with Crippen molar-refractivity contribution >= 4 is 11.6 Å². The van der Waals surface area contributed by atoms with Gasteiger partial charge in [0.2, 0.25) is 0 Å². The molecule has 0 N–H and O–H groups in total. The van der Waals surface area contributed by atoms with Gasteiger partial charge < -0.3 is 0 Å². The van der Waals surface area contributed by atoms with Crippen LogP contribution in [0.2, 0.25) is 0 Å². The third-order valence-electron chi connectivity index (χ3n) is 4.31. The molecule has 1 aliphatic carbocycles. The molecule has 0 amide bonds. The second kappa shape index (κ2) is 7.06. The van der Waals surface area contributed by atoms with Crippen molar-refractivity contribution < 1.29 is 9.59 Å². The topological polar surface area (TPSA) is 34.1 Å². The van der Waals surface area contributed by atoms with Crippen LogP contribution in [0, 0.1) is 23.7 Å². The molecule has 0 aromatic heterocycles. The van der Waals surface area contributed by atoms with Gasteiger partial charge in [0.05, 0.1) is 0 Å². The number of ketones is 2. The lowest BCUT2D eigenvalue weighted by atomic mass is 9.74. The molecule has 0 aliphatic heterocycles. The summed E-state index contributed by atoms with van der Waals surface area (Å²) in [6.45, 7) is 8.13. The Morgan fingerprint density at radius 3 is 1.78 bits per heavy atom. The number of carbonyl (C=O) groups is 2. The maximum atomic E-state index is 12.2. The Hall–Kier alpha value is -0.660. The third kappa shape index (κ3) is 3.93. The van der Waals surface area contributed by atoms with Crippen molar-refractivity contribution in [3.05, 3.63) is 0 Å². The van der Waals surface area contributed by atoms with Crippen molar-refractivity contribution in [2.45, 2.75) is 66.2 Å². The van der Waals surface area contributed by atoms with Crippen LogP contribution in [0.3, 0.4) is 0 Å². The fourth-order valence-electron chi connectivity index (χ4n) is 3.11. The van der Waals surface area contributed by atoms with Crippen LogP contribution in [0.4, 0.5) is 0 Å². The summed E-state index contributed by atoms with van der Waals surface area (Å²) in [5.74, 6) is 1.62. The summed E-state index contributed by atoms with van der Waals surface area (Å²) >= 11 is 0. The van der Waals surface area contributed by atoms with Crippen molar-refractivity contribution in [3.8, 4) is 0 Å². The molecule has 0 radical (unpaired) electrons. The Bertz CT molecular complexity index is 285. The lowest BCUT2D eigenvalue weighted by Crippen LogP contribution is -2.30. The van der Waals surface area contributed by atoms with E-state index in [-0.39, 0.29) is 23.7 Å². The van der Waals surface area contributed by atoms with E-state index in [1.807, 2.05) is 13.8 Å². The van der Waals surface area contributed by atoms with Crippen LogP contribution in [0.1, 0.15) is 66.2 Å². The zero-order valence-electron chi connectivity index (χ0n) is 12.4. The van der Waals surface area contributed by atoms with Crippen molar-refractivity contribution in [1.82, 2.24) is 0 Å². The summed E-state index contributed by atoms with van der Waals surface area (Å²) in [4.78, 5) is 24.1. The zero-order chi connectivity index (χ0) is 13.7. The number of rotatable bonds is 6. The summed E-state index contributed by atoms with van der Waals surface area (Å²) < 4.78 is 0.